The van der Waals surface area contributed by atoms with Crippen LogP contribution < -0.4 is 5.32 Å². The van der Waals surface area contributed by atoms with E-state index in [1.54, 1.807) is 0 Å². The molecule has 1 amide bonds. The number of para-hydroxylation sites is 1. The minimum Gasteiger partial charge on any atom is -0.332 e. The lowest BCUT2D eigenvalue weighted by Crippen LogP contribution is -2.52. The summed E-state index contributed by atoms with van der Waals surface area (Å²) in [5.41, 5.74) is 2.46. The molecular formula is C16H21ClN4O. The highest BCUT2D eigenvalue weighted by Crippen LogP contribution is 2.15. The number of aryl methyl sites for hydroxylation is 1. The molecule has 1 atom stereocenters. The Balaban J connectivity index is 0.00000176. The van der Waals surface area contributed by atoms with Crippen molar-refractivity contribution < 1.29 is 4.79 Å². The van der Waals surface area contributed by atoms with Gasteiger partial charge in [-0.2, -0.15) is 5.10 Å². The van der Waals surface area contributed by atoms with E-state index in [1.807, 2.05) is 52.9 Å². The van der Waals surface area contributed by atoms with E-state index >= 15 is 0 Å². The maximum atomic E-state index is 12.6. The summed E-state index contributed by atoms with van der Waals surface area (Å²) in [5, 5.41) is 7.79. The Morgan fingerprint density at radius 3 is 2.73 bits per heavy atom. The van der Waals surface area contributed by atoms with Gasteiger partial charge in [-0.25, -0.2) is 4.68 Å². The van der Waals surface area contributed by atoms with Gasteiger partial charge in [0.05, 0.1) is 5.69 Å². The monoisotopic (exact) mass is 320 g/mol. The number of aromatic nitrogens is 2. The Morgan fingerprint density at radius 1 is 1.32 bits per heavy atom. The Labute approximate surface area is 136 Å². The number of rotatable bonds is 2. The van der Waals surface area contributed by atoms with Gasteiger partial charge in [-0.3, -0.25) is 4.79 Å². The zero-order chi connectivity index (χ0) is 14.8. The fourth-order valence-corrected chi connectivity index (χ4v) is 2.70. The van der Waals surface area contributed by atoms with Crippen molar-refractivity contribution in [3.05, 3.63) is 47.8 Å². The van der Waals surface area contributed by atoms with Crippen LogP contribution in [0, 0.1) is 6.92 Å². The normalized spacial score (nSPS) is 17.9. The molecule has 1 fully saturated rings. The van der Waals surface area contributed by atoms with Crippen LogP contribution in [0.15, 0.2) is 36.4 Å². The third-order valence-corrected chi connectivity index (χ3v) is 3.87. The molecule has 3 rings (SSSR count). The number of hydrogen-bond donors (Lipinski definition) is 1. The molecule has 1 aromatic heterocycles. The predicted molar refractivity (Wildman–Crippen MR) is 88.9 cm³/mol. The van der Waals surface area contributed by atoms with Crippen LogP contribution in [0.5, 0.6) is 0 Å². The molecule has 0 spiro atoms. The van der Waals surface area contributed by atoms with Crippen LogP contribution in [0.4, 0.5) is 0 Å². The molecule has 5 nitrogen and oxygen atoms in total. The van der Waals surface area contributed by atoms with Crippen molar-refractivity contribution in [3.8, 4) is 5.69 Å². The van der Waals surface area contributed by atoms with E-state index in [0.717, 1.165) is 31.0 Å². The van der Waals surface area contributed by atoms with E-state index in [2.05, 4.69) is 17.3 Å². The maximum Gasteiger partial charge on any atom is 0.274 e. The van der Waals surface area contributed by atoms with Gasteiger partial charge >= 0.3 is 0 Å². The smallest absolute Gasteiger partial charge is 0.274 e. The molecule has 1 aromatic carbocycles. The lowest BCUT2D eigenvalue weighted by molar-refractivity contribution is 0.0649. The van der Waals surface area contributed by atoms with E-state index in [0.29, 0.717) is 5.69 Å². The maximum absolute atomic E-state index is 12.6. The standard InChI is InChI=1S/C16H20N4O.ClH/c1-12-10-15(16(21)19-9-8-17-11-13(19)2)18-20(12)14-6-4-3-5-7-14;/h3-7,10,13,17H,8-9,11H2,1-2H3;1H/t13-;/m1./s1. The van der Waals surface area contributed by atoms with Gasteiger partial charge in [0, 0.05) is 31.4 Å². The summed E-state index contributed by atoms with van der Waals surface area (Å²) in [4.78, 5) is 14.5. The van der Waals surface area contributed by atoms with Gasteiger partial charge in [0.25, 0.3) is 5.91 Å². The molecular weight excluding hydrogens is 300 g/mol. The number of nitrogens with zero attached hydrogens (tertiary/aromatic N) is 3. The van der Waals surface area contributed by atoms with Crippen LogP contribution in [-0.2, 0) is 0 Å². The molecule has 1 aliphatic heterocycles. The topological polar surface area (TPSA) is 50.2 Å². The molecule has 0 unspecified atom stereocenters. The highest BCUT2D eigenvalue weighted by atomic mass is 35.5. The number of nitrogens with one attached hydrogen (secondary N) is 1. The van der Waals surface area contributed by atoms with E-state index in [9.17, 15) is 4.79 Å². The zero-order valence-electron chi connectivity index (χ0n) is 12.8. The van der Waals surface area contributed by atoms with Gasteiger partial charge in [-0.15, -0.1) is 12.4 Å². The predicted octanol–water partition coefficient (Wildman–Crippen LogP) is 2.04. The Kier molecular flexibility index (Phi) is 5.21. The Morgan fingerprint density at radius 2 is 2.05 bits per heavy atom. The van der Waals surface area contributed by atoms with Crippen LogP contribution in [0.2, 0.25) is 0 Å². The molecule has 2 aromatic rings. The number of halogens is 1. The Hall–Kier alpha value is -1.85. The number of benzene rings is 1. The van der Waals surface area contributed by atoms with Crippen molar-refractivity contribution in [3.63, 3.8) is 0 Å². The second-order valence-corrected chi connectivity index (χ2v) is 5.47. The third kappa shape index (κ3) is 3.15. The second-order valence-electron chi connectivity index (χ2n) is 5.47. The second kappa shape index (κ2) is 6.94. The fraction of sp³-hybridized carbons (Fsp3) is 0.375. The first-order valence-electron chi connectivity index (χ1n) is 7.30. The van der Waals surface area contributed by atoms with Crippen LogP contribution in [-0.4, -0.2) is 46.3 Å². The molecule has 0 saturated carbocycles. The lowest BCUT2D eigenvalue weighted by atomic mass is 10.2. The van der Waals surface area contributed by atoms with Gasteiger partial charge in [-0.05, 0) is 32.0 Å². The van der Waals surface area contributed by atoms with E-state index in [4.69, 9.17) is 0 Å². The number of carbonyl (C=O) groups excluding carboxylic acids is 1. The first-order chi connectivity index (χ1) is 10.2. The van der Waals surface area contributed by atoms with Crippen LogP contribution in [0.1, 0.15) is 23.1 Å². The number of hydrogen-bond acceptors (Lipinski definition) is 3. The summed E-state index contributed by atoms with van der Waals surface area (Å²) >= 11 is 0. The van der Waals surface area contributed by atoms with Crippen LogP contribution >= 0.6 is 12.4 Å². The molecule has 118 valence electrons. The van der Waals surface area contributed by atoms with Crippen molar-refractivity contribution in [1.29, 1.82) is 0 Å². The fourth-order valence-electron chi connectivity index (χ4n) is 2.70. The molecule has 1 N–H and O–H groups in total. The van der Waals surface area contributed by atoms with E-state index in [-0.39, 0.29) is 24.4 Å². The van der Waals surface area contributed by atoms with Gasteiger partial charge in [0.1, 0.15) is 0 Å². The van der Waals surface area contributed by atoms with Crippen LogP contribution in [0.25, 0.3) is 5.69 Å². The summed E-state index contributed by atoms with van der Waals surface area (Å²) < 4.78 is 1.82. The minimum absolute atomic E-state index is 0. The first-order valence-corrected chi connectivity index (χ1v) is 7.30. The molecule has 1 saturated heterocycles. The molecule has 2 heterocycles. The van der Waals surface area contributed by atoms with E-state index < -0.39 is 0 Å². The number of carbonyl (C=O) groups is 1. The van der Waals surface area contributed by atoms with E-state index in [1.165, 1.54) is 0 Å². The SMILES string of the molecule is Cc1cc(C(=O)N2CCNC[C@H]2C)nn1-c1ccccc1.Cl. The van der Waals surface area contributed by atoms with Crippen LogP contribution in [0.3, 0.4) is 0 Å². The van der Waals surface area contributed by atoms with Gasteiger partial charge in [-0.1, -0.05) is 18.2 Å². The molecule has 22 heavy (non-hydrogen) atoms. The zero-order valence-corrected chi connectivity index (χ0v) is 13.6. The molecule has 0 bridgehead atoms. The highest BCUT2D eigenvalue weighted by molar-refractivity contribution is 5.92. The average Bonchev–Trinajstić information content (AvgIpc) is 2.90. The van der Waals surface area contributed by atoms with Crippen molar-refractivity contribution in [2.75, 3.05) is 19.6 Å². The Bertz CT molecular complexity index is 641. The molecule has 0 radical (unpaired) electrons. The quantitative estimate of drug-likeness (QED) is 0.921. The summed E-state index contributed by atoms with van der Waals surface area (Å²) in [6.45, 7) is 6.44. The van der Waals surface area contributed by atoms with Crippen molar-refractivity contribution in [1.82, 2.24) is 20.0 Å². The molecule has 6 heteroatoms. The third-order valence-electron chi connectivity index (χ3n) is 3.87. The first kappa shape index (κ1) is 16.5. The number of piperazine rings is 1. The van der Waals surface area contributed by atoms with Crippen molar-refractivity contribution >= 4 is 18.3 Å². The average molecular weight is 321 g/mol. The largest absolute Gasteiger partial charge is 0.332 e. The van der Waals surface area contributed by atoms with Gasteiger partial charge < -0.3 is 10.2 Å². The summed E-state index contributed by atoms with van der Waals surface area (Å²) in [6.07, 6.45) is 0. The minimum atomic E-state index is 0. The lowest BCUT2D eigenvalue weighted by Gasteiger charge is -2.33. The highest BCUT2D eigenvalue weighted by Gasteiger charge is 2.26. The van der Waals surface area contributed by atoms with Gasteiger partial charge in [0.2, 0.25) is 0 Å². The summed E-state index contributed by atoms with van der Waals surface area (Å²) in [7, 11) is 0. The summed E-state index contributed by atoms with van der Waals surface area (Å²) in [6, 6.07) is 11.9. The summed E-state index contributed by atoms with van der Waals surface area (Å²) in [5.74, 6) is 0.0155. The van der Waals surface area contributed by atoms with Crippen molar-refractivity contribution in [2.24, 2.45) is 0 Å². The van der Waals surface area contributed by atoms with Gasteiger partial charge in [0.15, 0.2) is 5.69 Å². The molecule has 0 aliphatic carbocycles. The van der Waals surface area contributed by atoms with Crippen molar-refractivity contribution in [2.45, 2.75) is 19.9 Å². The molecule has 1 aliphatic rings. The number of amides is 1.